The number of allylic oxidation sites excluding steroid dienone is 2. The number of ether oxygens (including phenoxy) is 1. The number of nitrogens with zero attached hydrogens (tertiary/aromatic N) is 1. The molecule has 2 amide bonds. The van der Waals surface area contributed by atoms with Crippen molar-refractivity contribution in [2.24, 2.45) is 5.92 Å². The molecule has 0 aliphatic carbocycles. The maximum atomic E-state index is 14.0. The number of hydrogen-bond donors (Lipinski definition) is 2. The van der Waals surface area contributed by atoms with Gasteiger partial charge in [0, 0.05) is 24.3 Å². The summed E-state index contributed by atoms with van der Waals surface area (Å²) in [6.07, 6.45) is -1.39. The molecule has 2 N–H and O–H groups in total. The van der Waals surface area contributed by atoms with Gasteiger partial charge < -0.3 is 20.3 Å². The Morgan fingerprint density at radius 2 is 1.58 bits per heavy atom. The quantitative estimate of drug-likeness (QED) is 0.285. The highest BCUT2D eigenvalue weighted by Crippen LogP contribution is 2.37. The van der Waals surface area contributed by atoms with E-state index in [-0.39, 0.29) is 24.4 Å². The zero-order chi connectivity index (χ0) is 30.6. The second-order valence-electron chi connectivity index (χ2n) is 10.7. The zero-order valence-corrected chi connectivity index (χ0v) is 23.5. The number of alkyl halides is 3. The Balaban J connectivity index is 1.28. The average molecular weight is 594 g/mol. The molecule has 1 saturated heterocycles. The van der Waals surface area contributed by atoms with E-state index < -0.39 is 35.1 Å². The van der Waals surface area contributed by atoms with E-state index in [0.717, 1.165) is 24.0 Å². The molecule has 0 aromatic heterocycles. The number of carbonyl (C=O) groups excluding carboxylic acids is 2. The first kappa shape index (κ1) is 29.9. The Morgan fingerprint density at radius 1 is 0.907 bits per heavy atom. The molecule has 2 heterocycles. The standard InChI is InChI=1S/C33H31F4N3O3/c1-21-6-5-19-40(20-21)29-10-4-7-26(33(35,36)37)30(43-29)32(42)38-25-17-15-23(16-18-25)22-11-13-24(14-12-22)31(41)39-28-9-3-2-8-27(28)34/h2-3,8-18,21H,4-7,19-20H2,1H3,(H,38,42)(H,39,41). The monoisotopic (exact) mass is 593 g/mol. The van der Waals surface area contributed by atoms with Crippen molar-refractivity contribution in [1.29, 1.82) is 0 Å². The zero-order valence-electron chi connectivity index (χ0n) is 23.5. The summed E-state index contributed by atoms with van der Waals surface area (Å²) in [5, 5.41) is 5.09. The van der Waals surface area contributed by atoms with Crippen LogP contribution in [0.5, 0.6) is 0 Å². The summed E-state index contributed by atoms with van der Waals surface area (Å²) in [4.78, 5) is 27.6. The van der Waals surface area contributed by atoms with Crippen LogP contribution in [-0.2, 0) is 9.53 Å². The number of hydrogen-bond acceptors (Lipinski definition) is 4. The third-order valence-electron chi connectivity index (χ3n) is 7.46. The molecule has 0 bridgehead atoms. The number of rotatable bonds is 6. The molecule has 6 nitrogen and oxygen atoms in total. The fourth-order valence-corrected chi connectivity index (χ4v) is 5.20. The van der Waals surface area contributed by atoms with Gasteiger partial charge in [-0.1, -0.05) is 43.3 Å². The van der Waals surface area contributed by atoms with Crippen molar-refractivity contribution in [1.82, 2.24) is 4.90 Å². The van der Waals surface area contributed by atoms with Crippen LogP contribution in [-0.4, -0.2) is 36.0 Å². The molecule has 43 heavy (non-hydrogen) atoms. The second-order valence-corrected chi connectivity index (χ2v) is 10.7. The molecule has 1 fully saturated rings. The largest absolute Gasteiger partial charge is 0.435 e. The first-order valence-corrected chi connectivity index (χ1v) is 14.1. The van der Waals surface area contributed by atoms with E-state index in [1.807, 2.05) is 4.90 Å². The third kappa shape index (κ3) is 7.25. The number of carbonyl (C=O) groups is 2. The number of amides is 2. The minimum absolute atomic E-state index is 0.0786. The van der Waals surface area contributed by atoms with Crippen LogP contribution in [0.1, 0.15) is 43.0 Å². The van der Waals surface area contributed by atoms with E-state index in [9.17, 15) is 27.2 Å². The summed E-state index contributed by atoms with van der Waals surface area (Å²) in [5.74, 6) is -2.04. The highest BCUT2D eigenvalue weighted by atomic mass is 19.4. The number of likely N-dealkylation sites (tertiary alicyclic amines) is 1. The molecule has 5 rings (SSSR count). The smallest absolute Gasteiger partial charge is 0.416 e. The molecule has 1 unspecified atom stereocenters. The predicted molar refractivity (Wildman–Crippen MR) is 156 cm³/mol. The SMILES string of the molecule is CC1CCCN(C2=CCCC(C(F)(F)F)=C(C(=O)Nc3ccc(-c4ccc(C(=O)Nc5ccccc5F)cc4)cc3)O2)C1. The Bertz CT molecular complexity index is 1550. The van der Waals surface area contributed by atoms with Gasteiger partial charge >= 0.3 is 6.18 Å². The molecular formula is C33H31F4N3O3. The second kappa shape index (κ2) is 12.7. The van der Waals surface area contributed by atoms with Crippen molar-refractivity contribution >= 4 is 23.2 Å². The van der Waals surface area contributed by atoms with Gasteiger partial charge in [-0.25, -0.2) is 4.39 Å². The minimum Gasteiger partial charge on any atom is -0.435 e. The Labute approximate surface area is 247 Å². The van der Waals surface area contributed by atoms with Crippen molar-refractivity contribution < 1.29 is 31.9 Å². The summed E-state index contributed by atoms with van der Waals surface area (Å²) in [7, 11) is 0. The van der Waals surface area contributed by atoms with Crippen molar-refractivity contribution in [2.45, 2.75) is 38.8 Å². The van der Waals surface area contributed by atoms with Crippen LogP contribution in [0.4, 0.5) is 28.9 Å². The normalized spacial score (nSPS) is 17.5. The number of benzene rings is 3. The van der Waals surface area contributed by atoms with Gasteiger partial charge in [-0.15, -0.1) is 0 Å². The third-order valence-corrected chi connectivity index (χ3v) is 7.46. The van der Waals surface area contributed by atoms with Gasteiger partial charge in [0.25, 0.3) is 11.8 Å². The van der Waals surface area contributed by atoms with Crippen LogP contribution in [0.15, 0.2) is 96.1 Å². The van der Waals surface area contributed by atoms with Gasteiger partial charge in [0.15, 0.2) is 5.88 Å². The predicted octanol–water partition coefficient (Wildman–Crippen LogP) is 7.88. The van der Waals surface area contributed by atoms with Crippen molar-refractivity contribution in [3.8, 4) is 11.1 Å². The Morgan fingerprint density at radius 3 is 2.23 bits per heavy atom. The van der Waals surface area contributed by atoms with Crippen LogP contribution in [0.25, 0.3) is 11.1 Å². The van der Waals surface area contributed by atoms with E-state index in [1.54, 1.807) is 60.7 Å². The van der Waals surface area contributed by atoms with Crippen LogP contribution in [0, 0.1) is 11.7 Å². The van der Waals surface area contributed by atoms with Crippen molar-refractivity contribution in [2.75, 3.05) is 23.7 Å². The van der Waals surface area contributed by atoms with Crippen LogP contribution in [0.3, 0.4) is 0 Å². The van der Waals surface area contributed by atoms with Crippen molar-refractivity contribution in [3.63, 3.8) is 0 Å². The summed E-state index contributed by atoms with van der Waals surface area (Å²) in [5.41, 5.74) is 1.24. The molecule has 3 aromatic rings. The van der Waals surface area contributed by atoms with E-state index >= 15 is 0 Å². The van der Waals surface area contributed by atoms with Gasteiger partial charge in [-0.2, -0.15) is 13.2 Å². The molecular weight excluding hydrogens is 562 g/mol. The van der Waals surface area contributed by atoms with Gasteiger partial charge in [0.1, 0.15) is 5.82 Å². The Hall–Kier alpha value is -4.60. The van der Waals surface area contributed by atoms with E-state index in [4.69, 9.17) is 4.74 Å². The summed E-state index contributed by atoms with van der Waals surface area (Å²) < 4.78 is 61.4. The fraction of sp³-hybridized carbons (Fsp3) is 0.273. The molecule has 0 saturated carbocycles. The minimum atomic E-state index is -4.71. The van der Waals surface area contributed by atoms with Gasteiger partial charge in [0.05, 0.1) is 11.3 Å². The lowest BCUT2D eigenvalue weighted by molar-refractivity contribution is -0.119. The number of nitrogens with one attached hydrogen (secondary N) is 2. The first-order chi connectivity index (χ1) is 20.6. The van der Waals surface area contributed by atoms with E-state index in [2.05, 4.69) is 17.6 Å². The highest BCUT2D eigenvalue weighted by Gasteiger charge is 2.40. The Kier molecular flexibility index (Phi) is 8.84. The molecule has 0 radical (unpaired) electrons. The van der Waals surface area contributed by atoms with Gasteiger partial charge in [-0.3, -0.25) is 9.59 Å². The number of para-hydroxylation sites is 1. The van der Waals surface area contributed by atoms with Crippen molar-refractivity contribution in [3.05, 3.63) is 107 Å². The van der Waals surface area contributed by atoms with Crippen LogP contribution >= 0.6 is 0 Å². The molecule has 224 valence electrons. The fourth-order valence-electron chi connectivity index (χ4n) is 5.20. The molecule has 2 aliphatic heterocycles. The highest BCUT2D eigenvalue weighted by molar-refractivity contribution is 6.05. The van der Waals surface area contributed by atoms with Gasteiger partial charge in [-0.05, 0) is 85.2 Å². The lowest BCUT2D eigenvalue weighted by Crippen LogP contribution is -2.35. The van der Waals surface area contributed by atoms with E-state index in [1.165, 1.54) is 18.2 Å². The van der Waals surface area contributed by atoms with Crippen LogP contribution < -0.4 is 10.6 Å². The molecule has 10 heteroatoms. The lowest BCUT2D eigenvalue weighted by Gasteiger charge is -2.33. The summed E-state index contributed by atoms with van der Waals surface area (Å²) in [6.45, 7) is 3.39. The maximum Gasteiger partial charge on any atom is 0.416 e. The van der Waals surface area contributed by atoms with E-state index in [0.29, 0.717) is 30.3 Å². The summed E-state index contributed by atoms with van der Waals surface area (Å²) >= 11 is 0. The summed E-state index contributed by atoms with van der Waals surface area (Å²) in [6, 6.07) is 19.1. The molecule has 1 atom stereocenters. The number of anilines is 2. The number of halogens is 4. The topological polar surface area (TPSA) is 70.7 Å². The van der Waals surface area contributed by atoms with Gasteiger partial charge in [0.2, 0.25) is 5.76 Å². The van der Waals surface area contributed by atoms with Crippen LogP contribution in [0.2, 0.25) is 0 Å². The number of piperidine rings is 1. The molecule has 2 aliphatic rings. The first-order valence-electron chi connectivity index (χ1n) is 14.1. The maximum absolute atomic E-state index is 14.0. The average Bonchev–Trinajstić information content (AvgIpc) is 3.23. The molecule has 0 spiro atoms. The lowest BCUT2D eigenvalue weighted by atomic mass is 10.0. The molecule has 3 aromatic carbocycles.